The molecular formula is C26H21FN6O2. The predicted molar refractivity (Wildman–Crippen MR) is 132 cm³/mol. The Labute approximate surface area is 198 Å². The van der Waals surface area contributed by atoms with Crippen LogP contribution in [0.15, 0.2) is 71.9 Å². The van der Waals surface area contributed by atoms with Crippen LogP contribution in [0.2, 0.25) is 0 Å². The molecule has 0 bridgehead atoms. The number of hydrogen-bond donors (Lipinski definition) is 1. The zero-order chi connectivity index (χ0) is 24.4. The first kappa shape index (κ1) is 20.9. The number of halogens is 1. The molecule has 3 aromatic heterocycles. The number of phenolic OH excluding ortho intramolecular Hbond substituents is 1. The number of nitrogens with zero attached hydrogens (tertiary/aromatic N) is 6. The van der Waals surface area contributed by atoms with Crippen molar-refractivity contribution in [1.82, 2.24) is 28.2 Å². The van der Waals surface area contributed by atoms with E-state index in [1.54, 1.807) is 41.8 Å². The first-order valence-electron chi connectivity index (χ1n) is 11.0. The van der Waals surface area contributed by atoms with E-state index in [0.717, 1.165) is 33.5 Å². The lowest BCUT2D eigenvalue weighted by Gasteiger charge is -2.11. The van der Waals surface area contributed by atoms with E-state index in [1.165, 1.54) is 12.1 Å². The molecule has 0 saturated heterocycles. The van der Waals surface area contributed by atoms with Gasteiger partial charge in [-0.3, -0.25) is 13.7 Å². The number of rotatable bonds is 3. The average molecular weight is 468 g/mol. The van der Waals surface area contributed by atoms with E-state index in [0.29, 0.717) is 16.9 Å². The van der Waals surface area contributed by atoms with E-state index in [1.807, 2.05) is 52.6 Å². The topological polar surface area (TPSA) is 82.8 Å². The van der Waals surface area contributed by atoms with E-state index >= 15 is 0 Å². The second-order valence-corrected chi connectivity index (χ2v) is 8.60. The summed E-state index contributed by atoms with van der Waals surface area (Å²) in [7, 11) is 5.41. The van der Waals surface area contributed by atoms with Gasteiger partial charge in [0.25, 0.3) is 0 Å². The van der Waals surface area contributed by atoms with Gasteiger partial charge in [0.15, 0.2) is 17.4 Å². The molecule has 1 N–H and O–H groups in total. The molecule has 9 heteroatoms. The van der Waals surface area contributed by atoms with E-state index in [2.05, 4.69) is 4.98 Å². The van der Waals surface area contributed by atoms with E-state index < -0.39 is 5.82 Å². The maximum absolute atomic E-state index is 14.0. The molecular weight excluding hydrogens is 447 g/mol. The molecule has 3 aromatic carbocycles. The highest BCUT2D eigenvalue weighted by molar-refractivity contribution is 5.88. The summed E-state index contributed by atoms with van der Waals surface area (Å²) in [5, 5.41) is 9.55. The summed E-state index contributed by atoms with van der Waals surface area (Å²) in [6, 6.07) is 15.9. The molecule has 8 nitrogen and oxygen atoms in total. The van der Waals surface area contributed by atoms with Gasteiger partial charge in [-0.1, -0.05) is 12.1 Å². The maximum atomic E-state index is 14.0. The Morgan fingerprint density at radius 1 is 0.857 bits per heavy atom. The van der Waals surface area contributed by atoms with E-state index in [4.69, 9.17) is 4.98 Å². The van der Waals surface area contributed by atoms with Gasteiger partial charge in [0.05, 0.1) is 34.6 Å². The minimum absolute atomic E-state index is 0.0923. The fourth-order valence-corrected chi connectivity index (χ4v) is 4.59. The van der Waals surface area contributed by atoms with Gasteiger partial charge in [-0.2, -0.15) is 0 Å². The van der Waals surface area contributed by atoms with Crippen LogP contribution in [-0.2, 0) is 21.1 Å². The van der Waals surface area contributed by atoms with Crippen LogP contribution in [0.25, 0.3) is 50.4 Å². The standard InChI is InChI=1S/C26H21FN6O2/c1-30-14-28-13-23(30)25-29-19-11-16(15-5-9-24(34)18(27)10-15)4-7-20(19)33(25)17-6-8-21-22(12-17)32(3)26(35)31(21)2/h4-14,34H,1-3H3. The Balaban J connectivity index is 1.62. The molecule has 6 rings (SSSR count). The number of imidazole rings is 3. The molecule has 0 atom stereocenters. The lowest BCUT2D eigenvalue weighted by molar-refractivity contribution is 0.432. The molecule has 0 radical (unpaired) electrons. The summed E-state index contributed by atoms with van der Waals surface area (Å²) in [6.07, 6.45) is 3.47. The van der Waals surface area contributed by atoms with Crippen LogP contribution < -0.4 is 5.69 Å². The molecule has 0 unspecified atom stereocenters. The molecule has 0 aliphatic rings. The lowest BCUT2D eigenvalue weighted by atomic mass is 10.0. The minimum Gasteiger partial charge on any atom is -0.505 e. The fraction of sp³-hybridized carbons (Fsp3) is 0.115. The Kier molecular flexibility index (Phi) is 4.44. The number of aromatic nitrogens is 6. The number of benzene rings is 3. The highest BCUT2D eigenvalue weighted by Crippen LogP contribution is 2.33. The number of hydrogen-bond acceptors (Lipinski definition) is 4. The largest absolute Gasteiger partial charge is 0.505 e. The quantitative estimate of drug-likeness (QED) is 0.424. The second kappa shape index (κ2) is 7.42. The second-order valence-electron chi connectivity index (χ2n) is 8.60. The zero-order valence-electron chi connectivity index (χ0n) is 19.3. The molecule has 0 aliphatic carbocycles. The van der Waals surface area contributed by atoms with Crippen LogP contribution in [0, 0.1) is 5.82 Å². The molecule has 35 heavy (non-hydrogen) atoms. The zero-order valence-corrected chi connectivity index (χ0v) is 19.3. The van der Waals surface area contributed by atoms with Gasteiger partial charge >= 0.3 is 5.69 Å². The van der Waals surface area contributed by atoms with Crippen molar-refractivity contribution < 1.29 is 9.50 Å². The summed E-state index contributed by atoms with van der Waals surface area (Å²) in [5.41, 5.74) is 6.21. The normalized spacial score (nSPS) is 11.7. The minimum atomic E-state index is -0.675. The molecule has 0 fully saturated rings. The smallest absolute Gasteiger partial charge is 0.328 e. The molecule has 6 aromatic rings. The summed E-state index contributed by atoms with van der Waals surface area (Å²) in [5.74, 6) is -0.372. The van der Waals surface area contributed by atoms with Crippen molar-refractivity contribution in [3.8, 4) is 34.1 Å². The Morgan fingerprint density at radius 2 is 1.57 bits per heavy atom. The van der Waals surface area contributed by atoms with Gasteiger partial charge in [0.2, 0.25) is 0 Å². The fourth-order valence-electron chi connectivity index (χ4n) is 4.59. The van der Waals surface area contributed by atoms with Crippen molar-refractivity contribution in [3.05, 3.63) is 83.4 Å². The lowest BCUT2D eigenvalue weighted by Crippen LogP contribution is -2.19. The first-order chi connectivity index (χ1) is 16.8. The molecule has 3 heterocycles. The monoisotopic (exact) mass is 468 g/mol. The van der Waals surface area contributed by atoms with Gasteiger partial charge in [-0.05, 0) is 53.6 Å². The third kappa shape index (κ3) is 3.08. The molecule has 0 saturated carbocycles. The summed E-state index contributed by atoms with van der Waals surface area (Å²) >= 11 is 0. The van der Waals surface area contributed by atoms with E-state index in [9.17, 15) is 14.3 Å². The number of aryl methyl sites for hydroxylation is 3. The molecule has 0 amide bonds. The Hall–Kier alpha value is -4.66. The number of fused-ring (bicyclic) bond motifs is 2. The third-order valence-electron chi connectivity index (χ3n) is 6.50. The Bertz CT molecular complexity index is 1840. The van der Waals surface area contributed by atoms with Crippen molar-refractivity contribution >= 4 is 22.1 Å². The summed E-state index contributed by atoms with van der Waals surface area (Å²) in [4.78, 5) is 21.7. The maximum Gasteiger partial charge on any atom is 0.328 e. The van der Waals surface area contributed by atoms with Crippen molar-refractivity contribution in [1.29, 1.82) is 0 Å². The van der Waals surface area contributed by atoms with Crippen LogP contribution >= 0.6 is 0 Å². The SMILES string of the molecule is Cn1cncc1-c1nc2cc(-c3ccc(O)c(F)c3)ccc2n1-c1ccc2c(c1)n(C)c(=O)n2C. The summed E-state index contributed by atoms with van der Waals surface area (Å²) < 4.78 is 21.2. The van der Waals surface area contributed by atoms with Gasteiger partial charge in [0.1, 0.15) is 5.69 Å². The van der Waals surface area contributed by atoms with Crippen LogP contribution in [-0.4, -0.2) is 33.3 Å². The predicted octanol–water partition coefficient (Wildman–Crippen LogP) is 4.13. The molecule has 0 aliphatic heterocycles. The highest BCUT2D eigenvalue weighted by Gasteiger charge is 2.19. The number of phenols is 1. The van der Waals surface area contributed by atoms with Gasteiger partial charge in [-0.15, -0.1) is 0 Å². The Morgan fingerprint density at radius 3 is 2.31 bits per heavy atom. The molecule has 0 spiro atoms. The summed E-state index contributed by atoms with van der Waals surface area (Å²) in [6.45, 7) is 0. The number of aromatic hydroxyl groups is 1. The van der Waals surface area contributed by atoms with Gasteiger partial charge < -0.3 is 9.67 Å². The molecule has 174 valence electrons. The van der Waals surface area contributed by atoms with Crippen molar-refractivity contribution in [2.75, 3.05) is 0 Å². The average Bonchev–Trinajstić information content (AvgIpc) is 3.51. The van der Waals surface area contributed by atoms with Crippen molar-refractivity contribution in [2.45, 2.75) is 0 Å². The van der Waals surface area contributed by atoms with Crippen LogP contribution in [0.5, 0.6) is 5.75 Å². The van der Waals surface area contributed by atoms with Crippen molar-refractivity contribution in [3.63, 3.8) is 0 Å². The highest BCUT2D eigenvalue weighted by atomic mass is 19.1. The van der Waals surface area contributed by atoms with Gasteiger partial charge in [0, 0.05) is 26.8 Å². The van der Waals surface area contributed by atoms with Crippen LogP contribution in [0.3, 0.4) is 0 Å². The third-order valence-corrected chi connectivity index (χ3v) is 6.50. The van der Waals surface area contributed by atoms with E-state index in [-0.39, 0.29) is 11.4 Å². The first-order valence-corrected chi connectivity index (χ1v) is 11.0. The van der Waals surface area contributed by atoms with Crippen LogP contribution in [0.4, 0.5) is 4.39 Å². The van der Waals surface area contributed by atoms with Crippen molar-refractivity contribution in [2.24, 2.45) is 21.1 Å². The van der Waals surface area contributed by atoms with Crippen LogP contribution in [0.1, 0.15) is 0 Å². The van der Waals surface area contributed by atoms with Gasteiger partial charge in [-0.25, -0.2) is 19.2 Å².